The van der Waals surface area contributed by atoms with Crippen molar-refractivity contribution in [2.24, 2.45) is 16.6 Å². The number of phenols is 1. The number of hydrogen-bond donors (Lipinski definition) is 2. The van der Waals surface area contributed by atoms with Crippen molar-refractivity contribution >= 4 is 5.84 Å². The van der Waals surface area contributed by atoms with E-state index in [4.69, 9.17) is 10.8 Å². The highest BCUT2D eigenvalue weighted by atomic mass is 19.4. The lowest BCUT2D eigenvalue weighted by Crippen LogP contribution is -2.16. The molecule has 1 aromatic carbocycles. The number of alkyl halides is 3. The lowest BCUT2D eigenvalue weighted by molar-refractivity contribution is -0.138. The molecule has 18 heavy (non-hydrogen) atoms. The summed E-state index contributed by atoms with van der Waals surface area (Å²) in [5.41, 5.74) is 4.65. The lowest BCUT2D eigenvalue weighted by atomic mass is 10.1. The zero-order chi connectivity index (χ0) is 13.9. The Morgan fingerprint density at radius 2 is 2.00 bits per heavy atom. The van der Waals surface area contributed by atoms with Gasteiger partial charge in [-0.05, 0) is 24.1 Å². The van der Waals surface area contributed by atoms with Crippen molar-refractivity contribution in [1.29, 1.82) is 0 Å². The van der Waals surface area contributed by atoms with Crippen LogP contribution < -0.4 is 5.73 Å². The van der Waals surface area contributed by atoms with E-state index < -0.39 is 17.5 Å². The molecule has 0 aliphatic heterocycles. The maximum atomic E-state index is 12.6. The molecule has 0 amide bonds. The van der Waals surface area contributed by atoms with Gasteiger partial charge in [0.25, 0.3) is 0 Å². The third-order valence-corrected chi connectivity index (χ3v) is 2.22. The Balaban J connectivity index is 3.09. The average Bonchev–Trinajstić information content (AvgIpc) is 2.24. The summed E-state index contributed by atoms with van der Waals surface area (Å²) in [5.74, 6) is -0.514. The molecular formula is C12H15F3N2O. The van der Waals surface area contributed by atoms with Gasteiger partial charge in [-0.2, -0.15) is 13.2 Å². The van der Waals surface area contributed by atoms with Crippen molar-refractivity contribution < 1.29 is 18.3 Å². The van der Waals surface area contributed by atoms with Crippen molar-refractivity contribution in [2.75, 3.05) is 6.54 Å². The van der Waals surface area contributed by atoms with Gasteiger partial charge in [0.2, 0.25) is 0 Å². The minimum absolute atomic E-state index is 0.0363. The number of hydrogen-bond acceptors (Lipinski definition) is 2. The van der Waals surface area contributed by atoms with Crippen LogP contribution in [0.2, 0.25) is 0 Å². The molecule has 0 heterocycles. The van der Waals surface area contributed by atoms with E-state index in [-0.39, 0.29) is 17.3 Å². The fourth-order valence-electron chi connectivity index (χ4n) is 1.29. The van der Waals surface area contributed by atoms with E-state index in [1.807, 2.05) is 13.8 Å². The predicted octanol–water partition coefficient (Wildman–Crippen LogP) is 2.77. The van der Waals surface area contributed by atoms with E-state index in [0.717, 1.165) is 12.1 Å². The molecule has 3 nitrogen and oxygen atoms in total. The van der Waals surface area contributed by atoms with Crippen LogP contribution in [0.4, 0.5) is 13.2 Å². The summed E-state index contributed by atoms with van der Waals surface area (Å²) >= 11 is 0. The Kier molecular flexibility index (Phi) is 4.21. The first kappa shape index (κ1) is 14.3. The zero-order valence-electron chi connectivity index (χ0n) is 10.1. The Bertz CT molecular complexity index is 453. The van der Waals surface area contributed by atoms with Gasteiger partial charge in [0.05, 0.1) is 5.56 Å². The van der Waals surface area contributed by atoms with E-state index in [2.05, 4.69) is 4.99 Å². The number of benzene rings is 1. The summed E-state index contributed by atoms with van der Waals surface area (Å²) in [6.45, 7) is 4.29. The largest absolute Gasteiger partial charge is 0.507 e. The molecule has 0 bridgehead atoms. The summed E-state index contributed by atoms with van der Waals surface area (Å²) in [4.78, 5) is 3.99. The van der Waals surface area contributed by atoms with Gasteiger partial charge in [-0.15, -0.1) is 0 Å². The topological polar surface area (TPSA) is 58.6 Å². The van der Waals surface area contributed by atoms with E-state index in [1.165, 1.54) is 6.07 Å². The Morgan fingerprint density at radius 1 is 1.39 bits per heavy atom. The maximum Gasteiger partial charge on any atom is 0.419 e. The van der Waals surface area contributed by atoms with Gasteiger partial charge in [-0.1, -0.05) is 13.8 Å². The highest BCUT2D eigenvalue weighted by molar-refractivity contribution is 5.97. The van der Waals surface area contributed by atoms with Gasteiger partial charge in [-0.25, -0.2) is 0 Å². The molecular weight excluding hydrogens is 245 g/mol. The van der Waals surface area contributed by atoms with E-state index in [1.54, 1.807) is 0 Å². The molecule has 0 spiro atoms. The molecule has 0 atom stereocenters. The Morgan fingerprint density at radius 3 is 2.50 bits per heavy atom. The monoisotopic (exact) mass is 260 g/mol. The van der Waals surface area contributed by atoms with Crippen LogP contribution in [-0.4, -0.2) is 17.5 Å². The molecule has 1 rings (SSSR count). The van der Waals surface area contributed by atoms with Gasteiger partial charge in [0, 0.05) is 12.1 Å². The van der Waals surface area contributed by atoms with Gasteiger partial charge >= 0.3 is 6.18 Å². The Labute approximate surface area is 103 Å². The first-order valence-corrected chi connectivity index (χ1v) is 5.42. The molecule has 0 aliphatic rings. The van der Waals surface area contributed by atoms with Gasteiger partial charge in [0.1, 0.15) is 11.6 Å². The zero-order valence-corrected chi connectivity index (χ0v) is 10.1. The van der Waals surface area contributed by atoms with Crippen LogP contribution in [0.25, 0.3) is 0 Å². The van der Waals surface area contributed by atoms with Crippen LogP contribution in [0.5, 0.6) is 5.75 Å². The van der Waals surface area contributed by atoms with Gasteiger partial charge < -0.3 is 10.8 Å². The summed E-state index contributed by atoms with van der Waals surface area (Å²) in [6, 6.07) is 3.08. The van der Waals surface area contributed by atoms with Crippen molar-refractivity contribution in [2.45, 2.75) is 20.0 Å². The van der Waals surface area contributed by atoms with E-state index in [0.29, 0.717) is 6.54 Å². The van der Waals surface area contributed by atoms with E-state index in [9.17, 15) is 13.2 Å². The molecule has 0 aromatic heterocycles. The average molecular weight is 260 g/mol. The number of amidine groups is 1. The first-order chi connectivity index (χ1) is 8.21. The molecule has 0 fully saturated rings. The lowest BCUT2D eigenvalue weighted by Gasteiger charge is -2.11. The molecule has 0 saturated carbocycles. The van der Waals surface area contributed by atoms with Gasteiger partial charge in [0.15, 0.2) is 0 Å². The first-order valence-electron chi connectivity index (χ1n) is 5.42. The summed E-state index contributed by atoms with van der Waals surface area (Å²) in [5, 5.41) is 9.17. The molecule has 0 radical (unpaired) electrons. The highest BCUT2D eigenvalue weighted by Gasteiger charge is 2.34. The summed E-state index contributed by atoms with van der Waals surface area (Å²) in [7, 11) is 0. The number of halogens is 3. The second-order valence-corrected chi connectivity index (χ2v) is 4.35. The van der Waals surface area contributed by atoms with Crippen LogP contribution in [-0.2, 0) is 6.18 Å². The molecule has 0 aliphatic carbocycles. The minimum Gasteiger partial charge on any atom is -0.507 e. The van der Waals surface area contributed by atoms with Crippen molar-refractivity contribution in [1.82, 2.24) is 0 Å². The van der Waals surface area contributed by atoms with Gasteiger partial charge in [-0.3, -0.25) is 4.99 Å². The highest BCUT2D eigenvalue weighted by Crippen LogP contribution is 2.35. The van der Waals surface area contributed by atoms with Crippen LogP contribution in [0, 0.1) is 5.92 Å². The quantitative estimate of drug-likeness (QED) is 0.648. The van der Waals surface area contributed by atoms with Crippen LogP contribution in [0.1, 0.15) is 25.0 Å². The number of phenolic OH excluding ortho intramolecular Hbond substituents is 1. The Hall–Kier alpha value is -1.72. The number of aromatic hydroxyl groups is 1. The standard InChI is InChI=1S/C12H15F3N2O/c1-7(2)6-17-11(16)8-3-4-10(18)9(5-8)12(13,14)15/h3-5,7,18H,6H2,1-2H3,(H2,16,17). The number of nitrogens with zero attached hydrogens (tertiary/aromatic N) is 1. The smallest absolute Gasteiger partial charge is 0.419 e. The third kappa shape index (κ3) is 3.65. The fraction of sp³-hybridized carbons (Fsp3) is 0.417. The van der Waals surface area contributed by atoms with Crippen LogP contribution in [0.3, 0.4) is 0 Å². The second kappa shape index (κ2) is 5.29. The molecule has 100 valence electrons. The number of aliphatic imine (C=N–C) groups is 1. The van der Waals surface area contributed by atoms with E-state index >= 15 is 0 Å². The van der Waals surface area contributed by atoms with Crippen molar-refractivity contribution in [3.05, 3.63) is 29.3 Å². The summed E-state index contributed by atoms with van der Waals surface area (Å²) < 4.78 is 37.7. The van der Waals surface area contributed by atoms with Crippen LogP contribution in [0.15, 0.2) is 23.2 Å². The number of nitrogens with two attached hydrogens (primary N) is 1. The third-order valence-electron chi connectivity index (χ3n) is 2.22. The predicted molar refractivity (Wildman–Crippen MR) is 63.5 cm³/mol. The maximum absolute atomic E-state index is 12.6. The molecule has 0 unspecified atom stereocenters. The summed E-state index contributed by atoms with van der Waals surface area (Å²) in [6.07, 6.45) is -4.61. The molecule has 6 heteroatoms. The second-order valence-electron chi connectivity index (χ2n) is 4.35. The minimum atomic E-state index is -4.61. The molecule has 0 saturated heterocycles. The van der Waals surface area contributed by atoms with Crippen molar-refractivity contribution in [3.8, 4) is 5.75 Å². The van der Waals surface area contributed by atoms with Crippen LogP contribution >= 0.6 is 0 Å². The fourth-order valence-corrected chi connectivity index (χ4v) is 1.29. The SMILES string of the molecule is CC(C)CN=C(N)c1ccc(O)c(C(F)(F)F)c1. The number of rotatable bonds is 3. The molecule has 1 aromatic rings. The van der Waals surface area contributed by atoms with Crippen molar-refractivity contribution in [3.63, 3.8) is 0 Å². The molecule has 3 N–H and O–H groups in total. The normalized spacial score (nSPS) is 13.1.